The van der Waals surface area contributed by atoms with Gasteiger partial charge in [0.2, 0.25) is 5.91 Å². The summed E-state index contributed by atoms with van der Waals surface area (Å²) in [6.07, 6.45) is 2.19. The fourth-order valence-corrected chi connectivity index (χ4v) is 3.60. The number of aliphatic hydroxyl groups is 1. The third-order valence-corrected chi connectivity index (χ3v) is 5.04. The highest BCUT2D eigenvalue weighted by Crippen LogP contribution is 2.30. The third kappa shape index (κ3) is 4.57. The van der Waals surface area contributed by atoms with Crippen molar-refractivity contribution in [2.75, 3.05) is 20.2 Å². The van der Waals surface area contributed by atoms with Gasteiger partial charge < -0.3 is 25.2 Å². The smallest absolute Gasteiger partial charge is 0.225 e. The van der Waals surface area contributed by atoms with Crippen LogP contribution in [-0.4, -0.2) is 54.4 Å². The molecule has 140 valence electrons. The lowest BCUT2D eigenvalue weighted by molar-refractivity contribution is -0.137. The van der Waals surface area contributed by atoms with Crippen LogP contribution in [0.5, 0.6) is 11.5 Å². The number of nitrogens with zero attached hydrogens (tertiary/aromatic N) is 1. The zero-order chi connectivity index (χ0) is 17.1. The van der Waals surface area contributed by atoms with Crippen LogP contribution in [0.4, 0.5) is 0 Å². The third-order valence-electron chi connectivity index (χ3n) is 5.04. The Morgan fingerprint density at radius 2 is 1.84 bits per heavy atom. The van der Waals surface area contributed by atoms with Crippen LogP contribution >= 0.6 is 12.4 Å². The lowest BCUT2D eigenvalue weighted by atomic mass is 10.0. The average molecular weight is 371 g/mol. The monoisotopic (exact) mass is 370 g/mol. The fraction of sp³-hybridized carbons (Fsp3) is 0.611. The second-order valence-corrected chi connectivity index (χ2v) is 6.69. The highest BCUT2D eigenvalue weighted by atomic mass is 35.5. The second kappa shape index (κ2) is 8.74. The van der Waals surface area contributed by atoms with E-state index in [9.17, 15) is 9.90 Å². The van der Waals surface area contributed by atoms with Crippen molar-refractivity contribution in [1.29, 1.82) is 0 Å². The van der Waals surface area contributed by atoms with Gasteiger partial charge in [0.25, 0.3) is 0 Å². The molecule has 6 nitrogen and oxygen atoms in total. The Morgan fingerprint density at radius 1 is 1.20 bits per heavy atom. The summed E-state index contributed by atoms with van der Waals surface area (Å²) in [4.78, 5) is 14.4. The molecule has 2 aliphatic rings. The van der Waals surface area contributed by atoms with Crippen molar-refractivity contribution in [1.82, 2.24) is 4.90 Å². The number of carbonyl (C=O) groups excluding carboxylic acids is 1. The van der Waals surface area contributed by atoms with Crippen LogP contribution in [0, 0.1) is 5.92 Å². The number of hydrogen-bond acceptors (Lipinski definition) is 5. The number of nitrogens with two attached hydrogens (primary N) is 1. The summed E-state index contributed by atoms with van der Waals surface area (Å²) in [7, 11) is 1.63. The summed E-state index contributed by atoms with van der Waals surface area (Å²) in [5.41, 5.74) is 5.82. The van der Waals surface area contributed by atoms with Gasteiger partial charge in [-0.1, -0.05) is 12.1 Å². The quantitative estimate of drug-likeness (QED) is 0.840. The second-order valence-electron chi connectivity index (χ2n) is 6.69. The van der Waals surface area contributed by atoms with Crippen molar-refractivity contribution in [3.8, 4) is 11.5 Å². The molecule has 0 aromatic heterocycles. The van der Waals surface area contributed by atoms with E-state index in [-0.39, 0.29) is 36.4 Å². The van der Waals surface area contributed by atoms with Gasteiger partial charge in [-0.2, -0.15) is 0 Å². The van der Waals surface area contributed by atoms with Crippen LogP contribution < -0.4 is 15.2 Å². The maximum Gasteiger partial charge on any atom is 0.225 e. The predicted molar refractivity (Wildman–Crippen MR) is 97.2 cm³/mol. The van der Waals surface area contributed by atoms with E-state index in [4.69, 9.17) is 15.2 Å². The molecule has 3 atom stereocenters. The van der Waals surface area contributed by atoms with Crippen LogP contribution in [0.25, 0.3) is 0 Å². The van der Waals surface area contributed by atoms with Crippen molar-refractivity contribution in [2.24, 2.45) is 11.7 Å². The minimum absolute atomic E-state index is 0. The SMILES string of the molecule is COc1ccccc1OC1CCN(C(=O)[C@H]2C[C@@H](N)[C@H](O)C2)CC1.Cl. The van der Waals surface area contributed by atoms with Crippen LogP contribution in [0.3, 0.4) is 0 Å². The van der Waals surface area contributed by atoms with Gasteiger partial charge in [-0.05, 0) is 25.0 Å². The van der Waals surface area contributed by atoms with E-state index >= 15 is 0 Å². The summed E-state index contributed by atoms with van der Waals surface area (Å²) in [6, 6.07) is 7.34. The maximum atomic E-state index is 12.6. The van der Waals surface area contributed by atoms with Gasteiger partial charge in [0.1, 0.15) is 6.10 Å². The van der Waals surface area contributed by atoms with Crippen LogP contribution in [0.15, 0.2) is 24.3 Å². The number of halogens is 1. The lowest BCUT2D eigenvalue weighted by Gasteiger charge is -2.33. The summed E-state index contributed by atoms with van der Waals surface area (Å²) in [5.74, 6) is 1.46. The van der Waals surface area contributed by atoms with Gasteiger partial charge in [0.05, 0.1) is 13.2 Å². The first-order valence-corrected chi connectivity index (χ1v) is 8.60. The summed E-state index contributed by atoms with van der Waals surface area (Å²) >= 11 is 0. The molecule has 0 radical (unpaired) electrons. The summed E-state index contributed by atoms with van der Waals surface area (Å²) < 4.78 is 11.4. The van der Waals surface area contributed by atoms with E-state index in [0.717, 1.165) is 24.3 Å². The predicted octanol–water partition coefficient (Wildman–Crippen LogP) is 1.58. The normalized spacial score (nSPS) is 26.8. The Labute approximate surface area is 154 Å². The van der Waals surface area contributed by atoms with E-state index in [0.29, 0.717) is 25.9 Å². The van der Waals surface area contributed by atoms with E-state index < -0.39 is 6.10 Å². The Balaban J connectivity index is 0.00000225. The maximum absolute atomic E-state index is 12.6. The molecule has 1 aliphatic heterocycles. The largest absolute Gasteiger partial charge is 0.493 e. The van der Waals surface area contributed by atoms with E-state index in [1.165, 1.54) is 0 Å². The Bertz CT molecular complexity index is 568. The van der Waals surface area contributed by atoms with Gasteiger partial charge in [0, 0.05) is 37.9 Å². The first-order valence-electron chi connectivity index (χ1n) is 8.60. The summed E-state index contributed by atoms with van der Waals surface area (Å²) in [6.45, 7) is 1.36. The van der Waals surface area contributed by atoms with Gasteiger partial charge in [-0.25, -0.2) is 0 Å². The molecule has 0 spiro atoms. The minimum atomic E-state index is -0.551. The fourth-order valence-electron chi connectivity index (χ4n) is 3.60. The number of likely N-dealkylation sites (tertiary alicyclic amines) is 1. The van der Waals surface area contributed by atoms with Crippen LogP contribution in [0.1, 0.15) is 25.7 Å². The van der Waals surface area contributed by atoms with E-state index in [1.807, 2.05) is 29.2 Å². The van der Waals surface area contributed by atoms with Crippen molar-refractivity contribution >= 4 is 18.3 Å². The van der Waals surface area contributed by atoms with Gasteiger partial charge in [0.15, 0.2) is 11.5 Å². The average Bonchev–Trinajstić information content (AvgIpc) is 2.94. The summed E-state index contributed by atoms with van der Waals surface area (Å²) in [5, 5.41) is 9.74. The Hall–Kier alpha value is -1.50. The minimum Gasteiger partial charge on any atom is -0.493 e. The number of aliphatic hydroxyl groups excluding tert-OH is 1. The highest BCUT2D eigenvalue weighted by Gasteiger charge is 2.37. The van der Waals surface area contributed by atoms with Crippen molar-refractivity contribution in [2.45, 2.75) is 43.9 Å². The lowest BCUT2D eigenvalue weighted by Crippen LogP contribution is -2.44. The first kappa shape index (κ1) is 19.8. The van der Waals surface area contributed by atoms with Crippen molar-refractivity contribution in [3.63, 3.8) is 0 Å². The Kier molecular flexibility index (Phi) is 6.93. The van der Waals surface area contributed by atoms with Gasteiger partial charge in [-0.15, -0.1) is 12.4 Å². The van der Waals surface area contributed by atoms with E-state index in [1.54, 1.807) is 7.11 Å². The Morgan fingerprint density at radius 3 is 2.40 bits per heavy atom. The molecule has 1 saturated heterocycles. The number of piperidine rings is 1. The first-order chi connectivity index (χ1) is 11.6. The molecule has 2 fully saturated rings. The number of methoxy groups -OCH3 is 1. The molecule has 1 aromatic rings. The number of hydrogen-bond donors (Lipinski definition) is 2. The molecule has 7 heteroatoms. The number of para-hydroxylation sites is 2. The number of ether oxygens (including phenoxy) is 2. The van der Waals surface area contributed by atoms with Crippen LogP contribution in [-0.2, 0) is 4.79 Å². The zero-order valence-corrected chi connectivity index (χ0v) is 15.3. The molecule has 0 unspecified atom stereocenters. The van der Waals surface area contributed by atoms with E-state index in [2.05, 4.69) is 0 Å². The molecular weight excluding hydrogens is 344 g/mol. The molecule has 25 heavy (non-hydrogen) atoms. The molecule has 1 aliphatic carbocycles. The topological polar surface area (TPSA) is 85.0 Å². The van der Waals surface area contributed by atoms with Gasteiger partial charge in [-0.3, -0.25) is 4.79 Å². The molecule has 1 amide bonds. The van der Waals surface area contributed by atoms with Gasteiger partial charge >= 0.3 is 0 Å². The number of carbonyl (C=O) groups is 1. The molecular formula is C18H27ClN2O4. The molecule has 3 N–H and O–H groups in total. The standard InChI is InChI=1S/C18H26N2O4.ClH/c1-23-16-4-2-3-5-17(16)24-13-6-8-20(9-7-13)18(22)12-10-14(19)15(21)11-12;/h2-5,12-15,21H,6-11,19H2,1H3;1H/t12-,14+,15+;/m0./s1. The zero-order valence-electron chi connectivity index (χ0n) is 14.5. The molecule has 1 saturated carbocycles. The number of amides is 1. The molecule has 1 heterocycles. The molecule has 3 rings (SSSR count). The molecule has 1 aromatic carbocycles. The van der Waals surface area contributed by atoms with Crippen molar-refractivity contribution in [3.05, 3.63) is 24.3 Å². The van der Waals surface area contributed by atoms with Crippen molar-refractivity contribution < 1.29 is 19.4 Å². The van der Waals surface area contributed by atoms with Crippen LogP contribution in [0.2, 0.25) is 0 Å². The number of benzene rings is 1. The molecule has 0 bridgehead atoms. The number of rotatable bonds is 4. The highest BCUT2D eigenvalue weighted by molar-refractivity contribution is 5.85.